The van der Waals surface area contributed by atoms with E-state index in [4.69, 9.17) is 0 Å². The Morgan fingerprint density at radius 3 is 3.00 bits per heavy atom. The van der Waals surface area contributed by atoms with Gasteiger partial charge in [0.25, 0.3) is 0 Å². The quantitative estimate of drug-likeness (QED) is 0.590. The second-order valence-electron chi connectivity index (χ2n) is 4.05. The zero-order valence-electron chi connectivity index (χ0n) is 9.10. The minimum atomic E-state index is 0.0427. The Balaban J connectivity index is 2.09. The molecule has 0 aromatic heterocycles. The third-order valence-electron chi connectivity index (χ3n) is 2.46. The summed E-state index contributed by atoms with van der Waals surface area (Å²) < 4.78 is 0. The van der Waals surface area contributed by atoms with Gasteiger partial charge in [-0.15, -0.1) is 0 Å². The fourth-order valence-electron chi connectivity index (χ4n) is 1.77. The third kappa shape index (κ3) is 4.58. The number of piperidine rings is 1. The van der Waals surface area contributed by atoms with Crippen LogP contribution in [0.3, 0.4) is 0 Å². The minimum absolute atomic E-state index is 0.0427. The lowest BCUT2D eigenvalue weighted by Gasteiger charge is -2.25. The van der Waals surface area contributed by atoms with Crippen molar-refractivity contribution in [2.75, 3.05) is 19.6 Å². The molecule has 1 heterocycles. The molecule has 0 saturated carbocycles. The van der Waals surface area contributed by atoms with Gasteiger partial charge in [0, 0.05) is 32.1 Å². The maximum absolute atomic E-state index is 10.8. The van der Waals surface area contributed by atoms with Gasteiger partial charge in [0.1, 0.15) is 0 Å². The topological polar surface area (TPSA) is 53.2 Å². The molecule has 0 spiro atoms. The second-order valence-corrected chi connectivity index (χ2v) is 4.05. The summed E-state index contributed by atoms with van der Waals surface area (Å²) in [5.74, 6) is 0.0427. The molecule has 0 radical (unpaired) electrons. The predicted molar refractivity (Wildman–Crippen MR) is 57.2 cm³/mol. The Morgan fingerprint density at radius 1 is 1.64 bits per heavy atom. The molecule has 1 saturated heterocycles. The molecule has 2 unspecified atom stereocenters. The van der Waals surface area contributed by atoms with Crippen molar-refractivity contribution >= 4 is 5.91 Å². The predicted octanol–water partition coefficient (Wildman–Crippen LogP) is -0.147. The monoisotopic (exact) mass is 199 g/mol. The summed E-state index contributed by atoms with van der Waals surface area (Å²) in [5.41, 5.74) is 0. The fourth-order valence-corrected chi connectivity index (χ4v) is 1.77. The molecular formula is C10H21N3O. The average Bonchev–Trinajstić information content (AvgIpc) is 2.15. The van der Waals surface area contributed by atoms with Crippen LogP contribution in [0.15, 0.2) is 0 Å². The van der Waals surface area contributed by atoms with Gasteiger partial charge in [-0.05, 0) is 26.3 Å². The van der Waals surface area contributed by atoms with E-state index in [1.54, 1.807) is 6.92 Å². The summed E-state index contributed by atoms with van der Waals surface area (Å²) in [5, 5.41) is 9.66. The van der Waals surface area contributed by atoms with Gasteiger partial charge in [-0.25, -0.2) is 0 Å². The number of carbonyl (C=O) groups excluding carboxylic acids is 1. The Labute approximate surface area is 85.8 Å². The number of rotatable bonds is 4. The maximum Gasteiger partial charge on any atom is 0.217 e. The van der Waals surface area contributed by atoms with Gasteiger partial charge in [0.05, 0.1) is 0 Å². The molecule has 4 nitrogen and oxygen atoms in total. The highest BCUT2D eigenvalue weighted by Gasteiger charge is 2.13. The molecule has 0 bridgehead atoms. The van der Waals surface area contributed by atoms with Gasteiger partial charge < -0.3 is 16.0 Å². The largest absolute Gasteiger partial charge is 0.353 e. The molecule has 1 aliphatic heterocycles. The molecule has 0 aromatic carbocycles. The van der Waals surface area contributed by atoms with Gasteiger partial charge in [0.2, 0.25) is 5.91 Å². The van der Waals surface area contributed by atoms with Crippen LogP contribution in [0.2, 0.25) is 0 Å². The van der Waals surface area contributed by atoms with E-state index < -0.39 is 0 Å². The van der Waals surface area contributed by atoms with E-state index in [1.165, 1.54) is 12.8 Å². The number of carbonyl (C=O) groups is 1. The van der Waals surface area contributed by atoms with Crippen LogP contribution < -0.4 is 16.0 Å². The van der Waals surface area contributed by atoms with Crippen molar-refractivity contribution in [1.29, 1.82) is 0 Å². The zero-order valence-corrected chi connectivity index (χ0v) is 9.10. The first-order chi connectivity index (χ1) is 6.68. The number of hydrogen-bond acceptors (Lipinski definition) is 3. The van der Waals surface area contributed by atoms with Crippen molar-refractivity contribution in [2.45, 2.75) is 38.8 Å². The van der Waals surface area contributed by atoms with E-state index in [1.807, 2.05) is 6.92 Å². The fraction of sp³-hybridized carbons (Fsp3) is 0.900. The lowest BCUT2D eigenvalue weighted by atomic mass is 10.1. The zero-order chi connectivity index (χ0) is 10.4. The first-order valence-corrected chi connectivity index (χ1v) is 5.39. The second kappa shape index (κ2) is 5.98. The van der Waals surface area contributed by atoms with Crippen molar-refractivity contribution in [1.82, 2.24) is 16.0 Å². The standard InChI is InChI=1S/C10H21N3O/c1-8(13-9(2)14)6-12-10-4-3-5-11-7-10/h8,10-12H,3-7H2,1-2H3,(H,13,14). The van der Waals surface area contributed by atoms with E-state index in [-0.39, 0.29) is 11.9 Å². The highest BCUT2D eigenvalue weighted by molar-refractivity contribution is 5.73. The summed E-state index contributed by atoms with van der Waals surface area (Å²) >= 11 is 0. The lowest BCUT2D eigenvalue weighted by Crippen LogP contribution is -2.48. The molecule has 3 N–H and O–H groups in total. The van der Waals surface area contributed by atoms with Gasteiger partial charge in [-0.3, -0.25) is 4.79 Å². The molecule has 1 fully saturated rings. The summed E-state index contributed by atoms with van der Waals surface area (Å²) in [6.07, 6.45) is 2.48. The van der Waals surface area contributed by atoms with E-state index in [0.29, 0.717) is 6.04 Å². The molecule has 4 heteroatoms. The molecule has 14 heavy (non-hydrogen) atoms. The maximum atomic E-state index is 10.8. The van der Waals surface area contributed by atoms with Crippen molar-refractivity contribution in [2.24, 2.45) is 0 Å². The first-order valence-electron chi connectivity index (χ1n) is 5.39. The van der Waals surface area contributed by atoms with Gasteiger partial charge in [-0.1, -0.05) is 0 Å². The minimum Gasteiger partial charge on any atom is -0.353 e. The van der Waals surface area contributed by atoms with Crippen LogP contribution in [0.1, 0.15) is 26.7 Å². The van der Waals surface area contributed by atoms with E-state index in [9.17, 15) is 4.79 Å². The highest BCUT2D eigenvalue weighted by atomic mass is 16.1. The average molecular weight is 199 g/mol. The normalized spacial score (nSPS) is 24.3. The molecule has 82 valence electrons. The van der Waals surface area contributed by atoms with Crippen LogP contribution in [0.5, 0.6) is 0 Å². The summed E-state index contributed by atoms with van der Waals surface area (Å²) in [6.45, 7) is 6.61. The first kappa shape index (κ1) is 11.5. The van der Waals surface area contributed by atoms with Crippen LogP contribution in [-0.2, 0) is 4.79 Å². The Bertz CT molecular complexity index is 178. The van der Waals surface area contributed by atoms with Crippen LogP contribution in [-0.4, -0.2) is 37.6 Å². The Kier molecular flexibility index (Phi) is 4.90. The molecule has 0 aliphatic carbocycles. The van der Waals surface area contributed by atoms with Gasteiger partial charge in [0.15, 0.2) is 0 Å². The Hall–Kier alpha value is -0.610. The van der Waals surface area contributed by atoms with E-state index >= 15 is 0 Å². The van der Waals surface area contributed by atoms with Crippen molar-refractivity contribution in [3.63, 3.8) is 0 Å². The highest BCUT2D eigenvalue weighted by Crippen LogP contribution is 2.00. The van der Waals surface area contributed by atoms with Crippen molar-refractivity contribution in [3.05, 3.63) is 0 Å². The van der Waals surface area contributed by atoms with Crippen LogP contribution >= 0.6 is 0 Å². The van der Waals surface area contributed by atoms with E-state index in [2.05, 4.69) is 16.0 Å². The van der Waals surface area contributed by atoms with Crippen LogP contribution in [0, 0.1) is 0 Å². The molecule has 2 atom stereocenters. The summed E-state index contributed by atoms with van der Waals surface area (Å²) in [4.78, 5) is 10.8. The Morgan fingerprint density at radius 2 is 2.43 bits per heavy atom. The molecule has 1 rings (SSSR count). The van der Waals surface area contributed by atoms with Gasteiger partial charge in [-0.2, -0.15) is 0 Å². The SMILES string of the molecule is CC(=O)NC(C)CNC1CCCNC1. The van der Waals surface area contributed by atoms with Crippen LogP contribution in [0.4, 0.5) is 0 Å². The molecule has 1 aliphatic rings. The van der Waals surface area contributed by atoms with Crippen molar-refractivity contribution in [3.8, 4) is 0 Å². The third-order valence-corrected chi connectivity index (χ3v) is 2.46. The van der Waals surface area contributed by atoms with Crippen molar-refractivity contribution < 1.29 is 4.79 Å². The smallest absolute Gasteiger partial charge is 0.217 e. The number of hydrogen-bond donors (Lipinski definition) is 3. The summed E-state index contributed by atoms with van der Waals surface area (Å²) in [6, 6.07) is 0.786. The lowest BCUT2D eigenvalue weighted by molar-refractivity contribution is -0.119. The number of nitrogens with one attached hydrogen (secondary N) is 3. The molecule has 0 aromatic rings. The summed E-state index contributed by atoms with van der Waals surface area (Å²) in [7, 11) is 0. The van der Waals surface area contributed by atoms with Crippen LogP contribution in [0.25, 0.3) is 0 Å². The number of amides is 1. The van der Waals surface area contributed by atoms with E-state index in [0.717, 1.165) is 19.6 Å². The molecular weight excluding hydrogens is 178 g/mol. The molecule has 1 amide bonds. The van der Waals surface area contributed by atoms with Gasteiger partial charge >= 0.3 is 0 Å².